The molecule has 0 radical (unpaired) electrons. The number of rotatable bonds is 22. The predicted molar refractivity (Wildman–Crippen MR) is 247 cm³/mol. The van der Waals surface area contributed by atoms with Crippen molar-refractivity contribution in [2.75, 3.05) is 73.0 Å². The topological polar surface area (TPSA) is 444 Å². The van der Waals surface area contributed by atoms with Gasteiger partial charge < -0.3 is 64.8 Å². The summed E-state index contributed by atoms with van der Waals surface area (Å²) in [4.78, 5) is 25.2. The van der Waals surface area contributed by atoms with Gasteiger partial charge in [-0.15, -0.1) is 0 Å². The van der Waals surface area contributed by atoms with Gasteiger partial charge in [0.15, 0.2) is 11.6 Å². The Bertz CT molecular complexity index is 3450. The average molecular weight is 1150 g/mol. The van der Waals surface area contributed by atoms with Crippen molar-refractivity contribution >= 4 is 87.4 Å². The van der Waals surface area contributed by atoms with E-state index < -0.39 is 103 Å². The van der Waals surface area contributed by atoms with Crippen LogP contribution < -0.4 is 144 Å². The Morgan fingerprint density at radius 2 is 0.893 bits per heavy atom. The third-order valence-electron chi connectivity index (χ3n) is 9.72. The van der Waals surface area contributed by atoms with Gasteiger partial charge in [0.25, 0.3) is 0 Å². The Kier molecular flexibility index (Phi) is 26.7. The summed E-state index contributed by atoms with van der Waals surface area (Å²) in [6.07, 6.45) is 0.895. The maximum Gasteiger partial charge on any atom is 1.00 e. The molecule has 6 rings (SSSR count). The van der Waals surface area contributed by atoms with Crippen LogP contribution in [0.2, 0.25) is 0 Å². The van der Waals surface area contributed by atoms with E-state index in [0.29, 0.717) is 0 Å². The number of aliphatic hydroxyl groups is 4. The van der Waals surface area contributed by atoms with E-state index in [4.69, 9.17) is 5.73 Å². The number of nitrogens with two attached hydrogens (primary N) is 1. The molecule has 27 nitrogen and oxygen atoms in total. The van der Waals surface area contributed by atoms with Crippen LogP contribution in [0.4, 0.5) is 35.2 Å². The largest absolute Gasteiger partial charge is 1.00 e. The molecule has 2 heterocycles. The Morgan fingerprint density at radius 3 is 1.27 bits per heavy atom. The molecule has 0 fully saturated rings. The third kappa shape index (κ3) is 18.6. The standard InChI is InChI=1S/C40H43N11O16S4.4Na/c41-32(31-10-9-26(21-34(31)71(65,66)67)36-45-38(49-40(47-36)51(13-17-54)14-18-55)43-28-4-2-6-30(23-28)69(59,60)61)19-24-7-8-25(20-33(24)70(62,63)64)35-44-37(48-39(46-35)50(11-15-52)12-16-53)42-27-3-1-5-29(22-27)68(56,57)58;;;;/h1-10,19-23,52-55H,11-18,41H2,(H,56,57,58)(H,59,60,61)(H,62,63,64)(H,65,66,67)(H,42,44,46,48)(H,43,45,47,49);;;;/q;4*+1/p-4. The van der Waals surface area contributed by atoms with E-state index in [1.165, 1.54) is 46.2 Å². The van der Waals surface area contributed by atoms with Crippen LogP contribution in [-0.2, 0) is 40.5 Å². The van der Waals surface area contributed by atoms with Crippen molar-refractivity contribution in [2.45, 2.75) is 19.6 Å². The van der Waals surface area contributed by atoms with Crippen LogP contribution >= 0.6 is 0 Å². The fourth-order valence-electron chi connectivity index (χ4n) is 6.57. The van der Waals surface area contributed by atoms with Gasteiger partial charge in [-0.1, -0.05) is 36.4 Å². The number of hydrogen-bond donors (Lipinski definition) is 7. The van der Waals surface area contributed by atoms with Crippen LogP contribution in [0.5, 0.6) is 0 Å². The van der Waals surface area contributed by atoms with Crippen molar-refractivity contribution in [3.8, 4) is 22.8 Å². The Labute approximate surface area is 518 Å². The van der Waals surface area contributed by atoms with Crippen LogP contribution in [-0.4, -0.2) is 155 Å². The first kappa shape index (κ1) is 68.2. The molecule has 4 aromatic carbocycles. The molecule has 35 heteroatoms. The summed E-state index contributed by atoms with van der Waals surface area (Å²) in [6, 6.07) is 15.6. The minimum absolute atomic E-state index is 0. The maximum atomic E-state index is 12.9. The first-order valence-corrected chi connectivity index (χ1v) is 25.8. The van der Waals surface area contributed by atoms with E-state index in [2.05, 4.69) is 40.5 Å². The molecule has 0 saturated heterocycles. The molecular weight excluding hydrogens is 1110 g/mol. The van der Waals surface area contributed by atoms with Gasteiger partial charge in [0.05, 0.1) is 46.0 Å². The first-order chi connectivity index (χ1) is 33.4. The fourth-order valence-corrected chi connectivity index (χ4v) is 9.01. The zero-order valence-corrected chi connectivity index (χ0v) is 51.6. The number of nitrogens with zero attached hydrogens (tertiary/aromatic N) is 8. The van der Waals surface area contributed by atoms with Crippen molar-refractivity contribution in [3.05, 3.63) is 96.1 Å². The zero-order chi connectivity index (χ0) is 51.9. The second kappa shape index (κ2) is 29.4. The van der Waals surface area contributed by atoms with E-state index >= 15 is 0 Å². The van der Waals surface area contributed by atoms with Gasteiger partial charge >= 0.3 is 118 Å². The predicted octanol–water partition coefficient (Wildman–Crippen LogP) is -12.5. The van der Waals surface area contributed by atoms with Gasteiger partial charge in [-0.25, -0.2) is 33.7 Å². The summed E-state index contributed by atoms with van der Waals surface area (Å²) in [5, 5.41) is 44.2. The minimum atomic E-state index is -5.47. The average Bonchev–Trinajstić information content (AvgIpc) is 3.30. The Hall–Kier alpha value is -2.88. The molecule has 8 N–H and O–H groups in total. The van der Waals surface area contributed by atoms with Crippen LogP contribution in [0.1, 0.15) is 11.1 Å². The second-order valence-electron chi connectivity index (χ2n) is 14.6. The van der Waals surface area contributed by atoms with Gasteiger partial charge in [0, 0.05) is 59.9 Å². The van der Waals surface area contributed by atoms with Crippen LogP contribution in [0.25, 0.3) is 34.5 Å². The number of aliphatic hydroxyl groups excluding tert-OH is 4. The minimum Gasteiger partial charge on any atom is -0.744 e. The molecule has 0 aliphatic heterocycles. The molecule has 6 aromatic rings. The van der Waals surface area contributed by atoms with Crippen molar-refractivity contribution in [2.24, 2.45) is 5.73 Å². The van der Waals surface area contributed by atoms with Crippen molar-refractivity contribution in [1.82, 2.24) is 29.9 Å². The van der Waals surface area contributed by atoms with E-state index in [-0.39, 0.29) is 202 Å². The Balaban J connectivity index is 0.00000481. The summed E-state index contributed by atoms with van der Waals surface area (Å²) in [5.41, 5.74) is 4.61. The van der Waals surface area contributed by atoms with Gasteiger partial charge in [0.1, 0.15) is 40.5 Å². The van der Waals surface area contributed by atoms with Crippen LogP contribution in [0, 0.1) is 0 Å². The van der Waals surface area contributed by atoms with Crippen molar-refractivity contribution in [1.29, 1.82) is 0 Å². The molecule has 0 spiro atoms. The number of anilines is 6. The number of nitrogens with one attached hydrogen (secondary N) is 2. The van der Waals surface area contributed by atoms with Crippen LogP contribution in [0.3, 0.4) is 0 Å². The molecule has 75 heavy (non-hydrogen) atoms. The fraction of sp³-hybridized carbons (Fsp3) is 0.200. The molecule has 2 aromatic heterocycles. The molecule has 0 aliphatic carbocycles. The SMILES string of the molecule is NC(=Cc1ccc(-c2nc(Nc3cccc(S(=O)(=O)[O-])c3)nc(N(CCO)CCO)n2)cc1S(=O)(=O)[O-])c1ccc(-c2nc(Nc3cccc(S(=O)(=O)[O-])c3)nc(N(CCO)CCO)n2)cc1S(=O)(=O)[O-].[Na+].[Na+].[Na+].[Na+]. The van der Waals surface area contributed by atoms with Gasteiger partial charge in [-0.2, -0.15) is 29.9 Å². The summed E-state index contributed by atoms with van der Waals surface area (Å²) < 4.78 is 147. The zero-order valence-electron chi connectivity index (χ0n) is 40.3. The van der Waals surface area contributed by atoms with Crippen molar-refractivity contribution < 1.29 is 191 Å². The number of aromatic nitrogens is 6. The normalized spacial score (nSPS) is 11.8. The van der Waals surface area contributed by atoms with Gasteiger partial charge in [0.2, 0.25) is 23.8 Å². The summed E-state index contributed by atoms with van der Waals surface area (Å²) in [6.45, 7) is -2.32. The van der Waals surface area contributed by atoms with Crippen molar-refractivity contribution in [3.63, 3.8) is 0 Å². The van der Waals surface area contributed by atoms with Gasteiger partial charge in [-0.3, -0.25) is 0 Å². The molecule has 0 bridgehead atoms. The molecule has 0 unspecified atom stereocenters. The molecular formula is C40H39N11Na4O16S4. The second-order valence-corrected chi connectivity index (χ2v) is 20.1. The third-order valence-corrected chi connectivity index (χ3v) is 13.2. The molecule has 0 saturated carbocycles. The van der Waals surface area contributed by atoms with Gasteiger partial charge in [-0.05, 0) is 60.2 Å². The smallest absolute Gasteiger partial charge is 0.744 e. The first-order valence-electron chi connectivity index (χ1n) is 20.2. The quantitative estimate of drug-likeness (QED) is 0.0188. The van der Waals surface area contributed by atoms with E-state index in [9.17, 15) is 72.3 Å². The number of hydrogen-bond acceptors (Lipinski definition) is 27. The molecule has 0 aliphatic rings. The summed E-state index contributed by atoms with van der Waals surface area (Å²) >= 11 is 0. The Morgan fingerprint density at radius 1 is 0.507 bits per heavy atom. The number of benzene rings is 4. The van der Waals surface area contributed by atoms with Crippen LogP contribution in [0.15, 0.2) is 105 Å². The monoisotopic (exact) mass is 1150 g/mol. The van der Waals surface area contributed by atoms with E-state index in [1.807, 2.05) is 0 Å². The molecule has 0 amide bonds. The summed E-state index contributed by atoms with van der Waals surface area (Å²) in [7, 11) is -20.7. The maximum absolute atomic E-state index is 12.9. The summed E-state index contributed by atoms with van der Waals surface area (Å²) in [5.74, 6) is -1.64. The molecule has 0 atom stereocenters. The van der Waals surface area contributed by atoms with E-state index in [1.54, 1.807) is 0 Å². The molecule has 378 valence electrons. The van der Waals surface area contributed by atoms with E-state index in [0.717, 1.165) is 54.6 Å².